The molecule has 3 rings (SSSR count). The molecule has 1 aromatic heterocycles. The monoisotopic (exact) mass is 335 g/mol. The van der Waals surface area contributed by atoms with Crippen molar-refractivity contribution in [3.05, 3.63) is 59.9 Å². The van der Waals surface area contributed by atoms with Crippen molar-refractivity contribution in [1.82, 2.24) is 5.32 Å². The topological polar surface area (TPSA) is 42.2 Å². The average molecular weight is 335 g/mol. The second-order valence-corrected chi connectivity index (χ2v) is 6.46. The van der Waals surface area contributed by atoms with E-state index < -0.39 is 0 Å². The molecule has 0 saturated heterocycles. The number of hydrogen-bond donors (Lipinski definition) is 1. The van der Waals surface area contributed by atoms with Gasteiger partial charge in [0.05, 0.1) is 0 Å². The number of unbranched alkanes of at least 4 members (excludes halogenated alkanes) is 3. The maximum atomic E-state index is 12.2. The molecule has 0 radical (unpaired) electrons. The van der Waals surface area contributed by atoms with Crippen molar-refractivity contribution in [3.63, 3.8) is 0 Å². The van der Waals surface area contributed by atoms with E-state index in [4.69, 9.17) is 4.42 Å². The van der Waals surface area contributed by atoms with E-state index in [1.807, 2.05) is 18.2 Å². The summed E-state index contributed by atoms with van der Waals surface area (Å²) in [4.78, 5) is 12.2. The maximum Gasteiger partial charge on any atom is 0.287 e. The fourth-order valence-corrected chi connectivity index (χ4v) is 3.11. The number of nitrogens with one attached hydrogen (secondary N) is 1. The van der Waals surface area contributed by atoms with Gasteiger partial charge in [-0.15, -0.1) is 0 Å². The van der Waals surface area contributed by atoms with Crippen LogP contribution in [0.4, 0.5) is 0 Å². The van der Waals surface area contributed by atoms with Crippen molar-refractivity contribution in [2.24, 2.45) is 0 Å². The zero-order valence-electron chi connectivity index (χ0n) is 15.0. The van der Waals surface area contributed by atoms with Crippen LogP contribution in [-0.4, -0.2) is 12.5 Å². The molecule has 2 aromatic carbocycles. The highest BCUT2D eigenvalue weighted by molar-refractivity contribution is 5.98. The Morgan fingerprint density at radius 2 is 1.76 bits per heavy atom. The molecular formula is C22H25NO2. The molecule has 0 bridgehead atoms. The number of furan rings is 1. The van der Waals surface area contributed by atoms with Crippen molar-refractivity contribution in [2.75, 3.05) is 6.54 Å². The second-order valence-electron chi connectivity index (χ2n) is 6.46. The number of rotatable bonds is 7. The van der Waals surface area contributed by atoms with E-state index in [-0.39, 0.29) is 5.91 Å². The van der Waals surface area contributed by atoms with Gasteiger partial charge in [0.15, 0.2) is 5.76 Å². The molecule has 3 aromatic rings. The van der Waals surface area contributed by atoms with Crippen molar-refractivity contribution in [3.8, 4) is 11.3 Å². The van der Waals surface area contributed by atoms with E-state index in [0.29, 0.717) is 12.3 Å². The number of carbonyl (C=O) groups is 1. The van der Waals surface area contributed by atoms with Crippen LogP contribution in [0.3, 0.4) is 0 Å². The predicted octanol–water partition coefficient (Wildman–Crippen LogP) is 5.72. The fourth-order valence-electron chi connectivity index (χ4n) is 3.11. The summed E-state index contributed by atoms with van der Waals surface area (Å²) in [7, 11) is 0. The van der Waals surface area contributed by atoms with Gasteiger partial charge in [-0.1, -0.05) is 62.6 Å². The zero-order valence-corrected chi connectivity index (χ0v) is 15.0. The van der Waals surface area contributed by atoms with Gasteiger partial charge >= 0.3 is 0 Å². The third-order valence-corrected chi connectivity index (χ3v) is 4.55. The van der Waals surface area contributed by atoms with E-state index in [1.165, 1.54) is 23.8 Å². The van der Waals surface area contributed by atoms with Crippen molar-refractivity contribution < 1.29 is 9.21 Å². The number of hydrogen-bond acceptors (Lipinski definition) is 2. The number of amides is 1. The highest BCUT2D eigenvalue weighted by atomic mass is 16.3. The quantitative estimate of drug-likeness (QED) is 0.561. The Morgan fingerprint density at radius 1 is 0.960 bits per heavy atom. The standard InChI is InChI=1S/C22H25NO2/c1-3-4-5-8-15-23-22(24)21-14-13-20(25-21)19-12-11-16(2)17-9-6-7-10-18(17)19/h6-7,9-14H,3-5,8,15H2,1-2H3,(H,23,24). The highest BCUT2D eigenvalue weighted by Gasteiger charge is 2.13. The van der Waals surface area contributed by atoms with E-state index >= 15 is 0 Å². The molecule has 0 aliphatic carbocycles. The van der Waals surface area contributed by atoms with Gasteiger partial charge in [0.2, 0.25) is 0 Å². The van der Waals surface area contributed by atoms with E-state index in [0.717, 1.165) is 29.6 Å². The van der Waals surface area contributed by atoms with Gasteiger partial charge in [0.25, 0.3) is 5.91 Å². The van der Waals surface area contributed by atoms with Crippen molar-refractivity contribution in [1.29, 1.82) is 0 Å². The molecule has 0 fully saturated rings. The smallest absolute Gasteiger partial charge is 0.287 e. The van der Waals surface area contributed by atoms with Gasteiger partial charge in [-0.25, -0.2) is 0 Å². The minimum absolute atomic E-state index is 0.140. The van der Waals surface area contributed by atoms with Crippen LogP contribution < -0.4 is 5.32 Å². The van der Waals surface area contributed by atoms with Crippen LogP contribution in [0.2, 0.25) is 0 Å². The molecule has 1 amide bonds. The van der Waals surface area contributed by atoms with Crippen LogP contribution in [0.15, 0.2) is 52.9 Å². The van der Waals surface area contributed by atoms with Crippen LogP contribution >= 0.6 is 0 Å². The zero-order chi connectivity index (χ0) is 17.6. The molecule has 1 heterocycles. The SMILES string of the molecule is CCCCCCNC(=O)c1ccc(-c2ccc(C)c3ccccc23)o1. The van der Waals surface area contributed by atoms with Crippen molar-refractivity contribution in [2.45, 2.75) is 39.5 Å². The lowest BCUT2D eigenvalue weighted by Crippen LogP contribution is -2.23. The number of carbonyl (C=O) groups excluding carboxylic acids is 1. The van der Waals surface area contributed by atoms with Gasteiger partial charge < -0.3 is 9.73 Å². The molecule has 3 nitrogen and oxygen atoms in total. The first-order chi connectivity index (χ1) is 12.2. The van der Waals surface area contributed by atoms with Gasteiger partial charge in [0, 0.05) is 12.1 Å². The van der Waals surface area contributed by atoms with Crippen LogP contribution in [0.25, 0.3) is 22.1 Å². The summed E-state index contributed by atoms with van der Waals surface area (Å²) < 4.78 is 5.85. The second kappa shape index (κ2) is 8.02. The first-order valence-electron chi connectivity index (χ1n) is 9.07. The molecule has 0 saturated carbocycles. The minimum atomic E-state index is -0.140. The van der Waals surface area contributed by atoms with Gasteiger partial charge in [0.1, 0.15) is 5.76 Å². The van der Waals surface area contributed by atoms with Gasteiger partial charge in [-0.05, 0) is 41.8 Å². The minimum Gasteiger partial charge on any atom is -0.451 e. The molecular weight excluding hydrogens is 310 g/mol. The Bertz CT molecular complexity index is 863. The highest BCUT2D eigenvalue weighted by Crippen LogP contribution is 2.31. The molecule has 0 aliphatic heterocycles. The summed E-state index contributed by atoms with van der Waals surface area (Å²) in [6.45, 7) is 4.98. The predicted molar refractivity (Wildman–Crippen MR) is 103 cm³/mol. The largest absolute Gasteiger partial charge is 0.451 e. The van der Waals surface area contributed by atoms with Crippen LogP contribution in [-0.2, 0) is 0 Å². The summed E-state index contributed by atoms with van der Waals surface area (Å²) in [5, 5.41) is 5.29. The van der Waals surface area contributed by atoms with E-state index in [9.17, 15) is 4.79 Å². The van der Waals surface area contributed by atoms with E-state index in [2.05, 4.69) is 43.4 Å². The third kappa shape index (κ3) is 3.93. The first-order valence-corrected chi connectivity index (χ1v) is 9.07. The Labute approximate surface area is 149 Å². The molecule has 130 valence electrons. The van der Waals surface area contributed by atoms with Crippen LogP contribution in [0, 0.1) is 6.92 Å². The molecule has 3 heteroatoms. The Balaban J connectivity index is 1.76. The fraction of sp³-hybridized carbons (Fsp3) is 0.318. The summed E-state index contributed by atoms with van der Waals surface area (Å²) >= 11 is 0. The molecule has 0 atom stereocenters. The number of fused-ring (bicyclic) bond motifs is 1. The molecule has 0 aliphatic rings. The summed E-state index contributed by atoms with van der Waals surface area (Å²) in [6.07, 6.45) is 4.56. The lowest BCUT2D eigenvalue weighted by molar-refractivity contribution is 0.0926. The first kappa shape index (κ1) is 17.3. The Hall–Kier alpha value is -2.55. The molecule has 0 unspecified atom stereocenters. The van der Waals surface area contributed by atoms with Crippen LogP contribution in [0.1, 0.15) is 48.7 Å². The molecule has 25 heavy (non-hydrogen) atoms. The Kier molecular flexibility index (Phi) is 5.54. The normalized spacial score (nSPS) is 11.0. The summed E-state index contributed by atoms with van der Waals surface area (Å²) in [6, 6.07) is 16.1. The van der Waals surface area contributed by atoms with Crippen LogP contribution in [0.5, 0.6) is 0 Å². The van der Waals surface area contributed by atoms with E-state index in [1.54, 1.807) is 6.07 Å². The maximum absolute atomic E-state index is 12.2. The van der Waals surface area contributed by atoms with Crippen molar-refractivity contribution >= 4 is 16.7 Å². The van der Waals surface area contributed by atoms with Gasteiger partial charge in [-0.2, -0.15) is 0 Å². The molecule has 1 N–H and O–H groups in total. The lowest BCUT2D eigenvalue weighted by atomic mass is 9.99. The lowest BCUT2D eigenvalue weighted by Gasteiger charge is -2.07. The summed E-state index contributed by atoms with van der Waals surface area (Å²) in [5.74, 6) is 0.960. The third-order valence-electron chi connectivity index (χ3n) is 4.55. The van der Waals surface area contributed by atoms with Gasteiger partial charge in [-0.3, -0.25) is 4.79 Å². The number of benzene rings is 2. The average Bonchev–Trinajstić information content (AvgIpc) is 3.12. The number of aryl methyl sites for hydroxylation is 1. The Morgan fingerprint density at radius 3 is 2.56 bits per heavy atom. The summed E-state index contributed by atoms with van der Waals surface area (Å²) in [5.41, 5.74) is 2.25. The molecule has 0 spiro atoms.